The van der Waals surface area contributed by atoms with Crippen molar-refractivity contribution in [2.75, 3.05) is 6.79 Å². The average Bonchev–Trinajstić information content (AvgIpc) is 3.07. The normalized spacial score (nSPS) is 12.4. The number of halogens is 1. The maximum atomic E-state index is 12.4. The average molecular weight is 357 g/mol. The van der Waals surface area contributed by atoms with Crippen LogP contribution < -0.4 is 14.8 Å². The minimum absolute atomic E-state index is 0.0975. The first-order chi connectivity index (χ1) is 12.1. The predicted octanol–water partition coefficient (Wildman–Crippen LogP) is 3.25. The molecule has 126 valence electrons. The number of fused-ring (bicyclic) bond motifs is 2. The van der Waals surface area contributed by atoms with Crippen molar-refractivity contribution in [2.24, 2.45) is 0 Å². The largest absolute Gasteiger partial charge is 0.506 e. The molecule has 0 saturated heterocycles. The minimum atomic E-state index is -0.417. The van der Waals surface area contributed by atoms with Crippen LogP contribution >= 0.6 is 11.6 Å². The molecule has 0 saturated carbocycles. The maximum Gasteiger partial charge on any atom is 0.256 e. The first kappa shape index (κ1) is 15.5. The first-order valence-corrected chi connectivity index (χ1v) is 7.93. The third-order valence-corrected chi connectivity index (χ3v) is 4.20. The van der Waals surface area contributed by atoms with Gasteiger partial charge in [0.1, 0.15) is 11.3 Å². The van der Waals surface area contributed by atoms with Crippen LogP contribution in [0.25, 0.3) is 10.9 Å². The molecule has 0 fully saturated rings. The lowest BCUT2D eigenvalue weighted by Gasteiger charge is -2.09. The van der Waals surface area contributed by atoms with E-state index < -0.39 is 5.91 Å². The Hall–Kier alpha value is -2.99. The van der Waals surface area contributed by atoms with Crippen molar-refractivity contribution in [3.8, 4) is 17.2 Å². The molecule has 1 aliphatic rings. The summed E-state index contributed by atoms with van der Waals surface area (Å²) < 4.78 is 10.6. The highest BCUT2D eigenvalue weighted by Gasteiger charge is 2.20. The Labute approximate surface area is 148 Å². The van der Waals surface area contributed by atoms with E-state index in [0.717, 1.165) is 5.56 Å². The van der Waals surface area contributed by atoms with Crippen LogP contribution in [0.5, 0.6) is 17.2 Å². The quantitative estimate of drug-likeness (QED) is 0.753. The number of rotatable bonds is 3. The number of carbonyl (C=O) groups is 1. The van der Waals surface area contributed by atoms with Crippen molar-refractivity contribution >= 4 is 28.4 Å². The number of carbonyl (C=O) groups excluding carboxylic acids is 1. The Morgan fingerprint density at radius 1 is 1.20 bits per heavy atom. The molecule has 7 heteroatoms. The summed E-state index contributed by atoms with van der Waals surface area (Å²) in [6, 6.07) is 10.4. The number of hydrogen-bond acceptors (Lipinski definition) is 5. The van der Waals surface area contributed by atoms with Gasteiger partial charge in [0.05, 0.1) is 5.52 Å². The smallest absolute Gasteiger partial charge is 0.256 e. The van der Waals surface area contributed by atoms with E-state index in [2.05, 4.69) is 10.3 Å². The monoisotopic (exact) mass is 356 g/mol. The molecule has 25 heavy (non-hydrogen) atoms. The summed E-state index contributed by atoms with van der Waals surface area (Å²) in [6.07, 6.45) is 1.34. The first-order valence-electron chi connectivity index (χ1n) is 7.56. The van der Waals surface area contributed by atoms with E-state index in [4.69, 9.17) is 21.1 Å². The van der Waals surface area contributed by atoms with E-state index in [1.165, 1.54) is 6.20 Å². The molecule has 2 aromatic carbocycles. The zero-order chi connectivity index (χ0) is 17.4. The van der Waals surface area contributed by atoms with Gasteiger partial charge in [-0.25, -0.2) is 0 Å². The van der Waals surface area contributed by atoms with E-state index in [-0.39, 0.29) is 18.1 Å². The molecular weight excluding hydrogens is 344 g/mol. The Morgan fingerprint density at radius 2 is 1.92 bits per heavy atom. The highest BCUT2D eigenvalue weighted by Crippen LogP contribution is 2.39. The lowest BCUT2D eigenvalue weighted by atomic mass is 10.1. The summed E-state index contributed by atoms with van der Waals surface area (Å²) in [6.45, 7) is 0.440. The number of aromatic hydroxyl groups is 1. The summed E-state index contributed by atoms with van der Waals surface area (Å²) in [5.74, 6) is 0.527. The molecule has 1 aliphatic heterocycles. The van der Waals surface area contributed by atoms with Crippen molar-refractivity contribution in [3.63, 3.8) is 0 Å². The number of amides is 1. The van der Waals surface area contributed by atoms with Crippen molar-refractivity contribution in [1.29, 1.82) is 0 Å². The minimum Gasteiger partial charge on any atom is -0.506 e. The Morgan fingerprint density at radius 3 is 2.68 bits per heavy atom. The zero-order valence-electron chi connectivity index (χ0n) is 13.0. The molecule has 0 aliphatic carbocycles. The summed E-state index contributed by atoms with van der Waals surface area (Å²) >= 11 is 5.84. The van der Waals surface area contributed by atoms with Crippen LogP contribution in [-0.2, 0) is 6.54 Å². The van der Waals surface area contributed by atoms with Gasteiger partial charge in [-0.05, 0) is 23.8 Å². The van der Waals surface area contributed by atoms with Gasteiger partial charge in [0, 0.05) is 29.2 Å². The van der Waals surface area contributed by atoms with Gasteiger partial charge in [0.15, 0.2) is 11.5 Å². The lowest BCUT2D eigenvalue weighted by molar-refractivity contribution is 0.0948. The van der Waals surface area contributed by atoms with Gasteiger partial charge >= 0.3 is 0 Å². The number of pyridine rings is 1. The second-order valence-electron chi connectivity index (χ2n) is 5.55. The number of ether oxygens (including phenoxy) is 2. The second kappa shape index (κ2) is 6.14. The Kier molecular flexibility index (Phi) is 3.82. The van der Waals surface area contributed by atoms with Gasteiger partial charge in [-0.2, -0.15) is 0 Å². The SMILES string of the molecule is O=C(NCc1ccc(Cl)cc1)c1cnc2cc3c(cc2c1O)OCO3. The van der Waals surface area contributed by atoms with E-state index in [1.807, 2.05) is 12.1 Å². The molecule has 1 amide bonds. The molecule has 6 nitrogen and oxygen atoms in total. The van der Waals surface area contributed by atoms with E-state index >= 15 is 0 Å². The van der Waals surface area contributed by atoms with Crippen LogP contribution in [0.3, 0.4) is 0 Å². The number of nitrogens with zero attached hydrogens (tertiary/aromatic N) is 1. The third-order valence-electron chi connectivity index (χ3n) is 3.94. The lowest BCUT2D eigenvalue weighted by Crippen LogP contribution is -2.23. The van der Waals surface area contributed by atoms with Crippen LogP contribution in [0.1, 0.15) is 15.9 Å². The molecule has 2 N–H and O–H groups in total. The number of nitrogens with one attached hydrogen (secondary N) is 1. The topological polar surface area (TPSA) is 80.7 Å². The van der Waals surface area contributed by atoms with E-state index in [0.29, 0.717) is 34.0 Å². The highest BCUT2D eigenvalue weighted by atomic mass is 35.5. The molecule has 3 aromatic rings. The second-order valence-corrected chi connectivity index (χ2v) is 5.99. The molecular formula is C18H13ClN2O4. The van der Waals surface area contributed by atoms with Crippen LogP contribution in [0, 0.1) is 0 Å². The maximum absolute atomic E-state index is 12.4. The molecule has 4 rings (SSSR count). The Bertz CT molecular complexity index is 973. The number of aromatic nitrogens is 1. The number of hydrogen-bond donors (Lipinski definition) is 2. The van der Waals surface area contributed by atoms with Crippen LogP contribution in [-0.4, -0.2) is 22.8 Å². The zero-order valence-corrected chi connectivity index (χ0v) is 13.7. The predicted molar refractivity (Wildman–Crippen MR) is 92.2 cm³/mol. The molecule has 2 heterocycles. The van der Waals surface area contributed by atoms with Gasteiger partial charge in [0.25, 0.3) is 5.91 Å². The van der Waals surface area contributed by atoms with Gasteiger partial charge in [0.2, 0.25) is 6.79 Å². The fraction of sp³-hybridized carbons (Fsp3) is 0.111. The van der Waals surface area contributed by atoms with Gasteiger partial charge in [-0.15, -0.1) is 0 Å². The Balaban J connectivity index is 1.60. The van der Waals surface area contributed by atoms with Crippen LogP contribution in [0.4, 0.5) is 0 Å². The van der Waals surface area contributed by atoms with Crippen LogP contribution in [0.2, 0.25) is 5.02 Å². The van der Waals surface area contributed by atoms with Crippen LogP contribution in [0.15, 0.2) is 42.6 Å². The molecule has 0 atom stereocenters. The fourth-order valence-corrected chi connectivity index (χ4v) is 2.74. The molecule has 0 radical (unpaired) electrons. The molecule has 0 bridgehead atoms. The van der Waals surface area contributed by atoms with E-state index in [9.17, 15) is 9.90 Å². The van der Waals surface area contributed by atoms with Crippen molar-refractivity contribution in [1.82, 2.24) is 10.3 Å². The third kappa shape index (κ3) is 2.92. The summed E-state index contributed by atoms with van der Waals surface area (Å²) in [4.78, 5) is 16.6. The summed E-state index contributed by atoms with van der Waals surface area (Å²) in [7, 11) is 0. The molecule has 0 spiro atoms. The summed E-state index contributed by atoms with van der Waals surface area (Å²) in [5, 5.41) is 14.3. The standard InChI is InChI=1S/C18H13ClN2O4/c19-11-3-1-10(2-4-11)7-21-18(23)13-8-20-14-6-16-15(24-9-25-16)5-12(14)17(13)22/h1-6,8H,7,9H2,(H,20,22)(H,21,23). The van der Waals surface area contributed by atoms with Gasteiger partial charge < -0.3 is 19.9 Å². The van der Waals surface area contributed by atoms with E-state index in [1.54, 1.807) is 24.3 Å². The van der Waals surface area contributed by atoms with Crippen molar-refractivity contribution in [2.45, 2.75) is 6.54 Å². The van der Waals surface area contributed by atoms with Gasteiger partial charge in [-0.1, -0.05) is 23.7 Å². The van der Waals surface area contributed by atoms with Crippen molar-refractivity contribution in [3.05, 3.63) is 58.7 Å². The fourth-order valence-electron chi connectivity index (χ4n) is 2.61. The van der Waals surface area contributed by atoms with Gasteiger partial charge in [-0.3, -0.25) is 9.78 Å². The highest BCUT2D eigenvalue weighted by molar-refractivity contribution is 6.30. The molecule has 0 unspecified atom stereocenters. The molecule has 1 aromatic heterocycles. The van der Waals surface area contributed by atoms with Crippen molar-refractivity contribution < 1.29 is 19.4 Å². The summed E-state index contributed by atoms with van der Waals surface area (Å²) in [5.41, 5.74) is 1.52. The number of benzene rings is 2.